The Hall–Kier alpha value is -1.90. The smallest absolute Gasteiger partial charge is 0.256 e. The van der Waals surface area contributed by atoms with Crippen molar-refractivity contribution in [3.63, 3.8) is 0 Å². The minimum atomic E-state index is -3.97. The largest absolute Gasteiger partial charge is 0.304 e. The predicted octanol–water partition coefficient (Wildman–Crippen LogP) is 0.973. The van der Waals surface area contributed by atoms with Crippen molar-refractivity contribution in [2.45, 2.75) is 4.90 Å². The van der Waals surface area contributed by atoms with E-state index in [0.717, 1.165) is 0 Å². The van der Waals surface area contributed by atoms with Crippen LogP contribution >= 0.6 is 11.6 Å². The van der Waals surface area contributed by atoms with Crippen molar-refractivity contribution < 1.29 is 13.2 Å². The molecule has 0 aliphatic heterocycles. The Kier molecular flexibility index (Phi) is 3.80. The molecule has 1 aromatic heterocycles. The van der Waals surface area contributed by atoms with Crippen molar-refractivity contribution in [1.29, 1.82) is 0 Å². The number of aryl methyl sites for hydroxylation is 1. The van der Waals surface area contributed by atoms with Crippen molar-refractivity contribution in [2.75, 3.05) is 5.32 Å². The van der Waals surface area contributed by atoms with Gasteiger partial charge < -0.3 is 5.32 Å². The molecule has 0 bridgehead atoms. The number of aromatic nitrogens is 2. The predicted molar refractivity (Wildman–Crippen MR) is 74.0 cm³/mol. The van der Waals surface area contributed by atoms with Gasteiger partial charge in [-0.15, -0.1) is 0 Å². The molecule has 0 atom stereocenters. The number of hydrogen-bond acceptors (Lipinski definition) is 4. The molecule has 7 nitrogen and oxygen atoms in total. The lowest BCUT2D eigenvalue weighted by Crippen LogP contribution is -2.17. The van der Waals surface area contributed by atoms with Gasteiger partial charge in [-0.2, -0.15) is 5.10 Å². The molecule has 20 heavy (non-hydrogen) atoms. The number of benzene rings is 1. The van der Waals surface area contributed by atoms with Gasteiger partial charge in [0.25, 0.3) is 5.91 Å². The summed E-state index contributed by atoms with van der Waals surface area (Å²) in [6.07, 6.45) is 1.21. The Morgan fingerprint density at radius 1 is 1.45 bits per heavy atom. The van der Waals surface area contributed by atoms with Crippen LogP contribution in [0.25, 0.3) is 0 Å². The zero-order valence-corrected chi connectivity index (χ0v) is 11.9. The van der Waals surface area contributed by atoms with E-state index in [2.05, 4.69) is 10.4 Å². The van der Waals surface area contributed by atoms with Crippen molar-refractivity contribution in [3.8, 4) is 0 Å². The van der Waals surface area contributed by atoms with E-state index in [1.54, 1.807) is 18.2 Å². The van der Waals surface area contributed by atoms with Crippen LogP contribution in [0.2, 0.25) is 5.02 Å². The second kappa shape index (κ2) is 5.23. The van der Waals surface area contributed by atoms with E-state index in [9.17, 15) is 13.2 Å². The summed E-state index contributed by atoms with van der Waals surface area (Å²) in [5, 5.41) is 11.7. The third-order valence-electron chi connectivity index (χ3n) is 2.42. The van der Waals surface area contributed by atoms with Gasteiger partial charge in [0.2, 0.25) is 10.0 Å². The molecule has 106 valence electrons. The summed E-state index contributed by atoms with van der Waals surface area (Å²) in [6, 6.07) is 6.22. The van der Waals surface area contributed by atoms with E-state index in [1.165, 1.54) is 24.0 Å². The molecule has 0 aliphatic rings. The molecule has 1 heterocycles. The van der Waals surface area contributed by atoms with E-state index in [4.69, 9.17) is 16.7 Å². The first kappa shape index (κ1) is 14.5. The van der Waals surface area contributed by atoms with Crippen LogP contribution in [0.3, 0.4) is 0 Å². The summed E-state index contributed by atoms with van der Waals surface area (Å²) in [5.41, 5.74) is 0.281. The van der Waals surface area contributed by atoms with Crippen LogP contribution in [-0.2, 0) is 17.1 Å². The molecule has 9 heteroatoms. The van der Waals surface area contributed by atoms with Gasteiger partial charge in [0, 0.05) is 23.8 Å². The molecule has 1 amide bonds. The number of primary sulfonamides is 1. The third kappa shape index (κ3) is 3.16. The number of anilines is 1. The van der Waals surface area contributed by atoms with E-state index < -0.39 is 15.9 Å². The topological polar surface area (TPSA) is 107 Å². The monoisotopic (exact) mass is 314 g/mol. The minimum absolute atomic E-state index is 0.125. The molecule has 0 spiro atoms. The Balaban J connectivity index is 2.34. The molecule has 0 aliphatic carbocycles. The highest BCUT2D eigenvalue weighted by atomic mass is 35.5. The summed E-state index contributed by atoms with van der Waals surface area (Å²) < 4.78 is 24.0. The normalized spacial score (nSPS) is 11.3. The van der Waals surface area contributed by atoms with Crippen molar-refractivity contribution in [2.24, 2.45) is 12.2 Å². The number of nitrogens with zero attached hydrogens (tertiary/aromatic N) is 2. The van der Waals surface area contributed by atoms with Crippen LogP contribution in [0.5, 0.6) is 0 Å². The minimum Gasteiger partial charge on any atom is -0.304 e. The van der Waals surface area contributed by atoms with Crippen molar-refractivity contribution in [3.05, 3.63) is 41.0 Å². The lowest BCUT2D eigenvalue weighted by atomic mass is 10.2. The Morgan fingerprint density at radius 3 is 2.75 bits per heavy atom. The van der Waals surface area contributed by atoms with Crippen LogP contribution in [0, 0.1) is 0 Å². The number of amides is 1. The summed E-state index contributed by atoms with van der Waals surface area (Å²) in [4.78, 5) is 11.7. The zero-order valence-electron chi connectivity index (χ0n) is 10.4. The van der Waals surface area contributed by atoms with E-state index in [-0.39, 0.29) is 16.3 Å². The standard InChI is InChI=1S/C11H11ClN4O3S/c1-16-6-9(20(13,18)19)10(15-16)14-11(17)7-3-2-4-8(12)5-7/h2-6H,1H3,(H2,13,18,19)(H,14,15,17). The third-order valence-corrected chi connectivity index (χ3v) is 3.57. The highest BCUT2D eigenvalue weighted by Crippen LogP contribution is 2.19. The van der Waals surface area contributed by atoms with Gasteiger partial charge in [-0.05, 0) is 18.2 Å². The highest BCUT2D eigenvalue weighted by Gasteiger charge is 2.20. The first-order valence-corrected chi connectivity index (χ1v) is 7.33. The fraction of sp³-hybridized carbons (Fsp3) is 0.0909. The Labute approximate surface area is 120 Å². The number of halogens is 1. The zero-order chi connectivity index (χ0) is 14.9. The second-order valence-electron chi connectivity index (χ2n) is 4.03. The van der Waals surface area contributed by atoms with Crippen LogP contribution in [0.1, 0.15) is 10.4 Å². The van der Waals surface area contributed by atoms with E-state index in [0.29, 0.717) is 5.02 Å². The molecule has 2 rings (SSSR count). The first-order valence-electron chi connectivity index (χ1n) is 5.41. The number of hydrogen-bond donors (Lipinski definition) is 2. The quantitative estimate of drug-likeness (QED) is 0.880. The van der Waals surface area contributed by atoms with Gasteiger partial charge in [-0.1, -0.05) is 17.7 Å². The van der Waals surface area contributed by atoms with Gasteiger partial charge in [0.1, 0.15) is 4.90 Å². The fourth-order valence-corrected chi connectivity index (χ4v) is 2.42. The van der Waals surface area contributed by atoms with Crippen LogP contribution in [-0.4, -0.2) is 24.1 Å². The van der Waals surface area contributed by atoms with Gasteiger partial charge in [0.15, 0.2) is 5.82 Å². The molecule has 1 aromatic carbocycles. The van der Waals surface area contributed by atoms with E-state index in [1.807, 2.05) is 0 Å². The number of carbonyl (C=O) groups is 1. The van der Waals surface area contributed by atoms with Gasteiger partial charge >= 0.3 is 0 Å². The first-order chi connectivity index (χ1) is 9.27. The van der Waals surface area contributed by atoms with Crippen LogP contribution in [0.15, 0.2) is 35.4 Å². The molecule has 0 unspecified atom stereocenters. The lowest BCUT2D eigenvalue weighted by molar-refractivity contribution is 0.102. The van der Waals surface area contributed by atoms with Gasteiger partial charge in [0.05, 0.1) is 0 Å². The molecule has 3 N–H and O–H groups in total. The number of rotatable bonds is 3. The van der Waals surface area contributed by atoms with Crippen molar-refractivity contribution >= 4 is 33.3 Å². The maximum absolute atomic E-state index is 12.0. The number of nitrogens with two attached hydrogens (primary N) is 1. The van der Waals surface area contributed by atoms with Crippen molar-refractivity contribution in [1.82, 2.24) is 9.78 Å². The van der Waals surface area contributed by atoms with Crippen LogP contribution in [0.4, 0.5) is 5.82 Å². The Bertz CT molecular complexity index is 770. The highest BCUT2D eigenvalue weighted by molar-refractivity contribution is 7.89. The molecule has 2 aromatic rings. The molecule has 0 fully saturated rings. The summed E-state index contributed by atoms with van der Waals surface area (Å²) in [5.74, 6) is -0.656. The summed E-state index contributed by atoms with van der Waals surface area (Å²) in [7, 11) is -2.46. The molecule has 0 saturated heterocycles. The average molecular weight is 315 g/mol. The Morgan fingerprint density at radius 2 is 2.15 bits per heavy atom. The molecule has 0 saturated carbocycles. The van der Waals surface area contributed by atoms with Gasteiger partial charge in [-0.25, -0.2) is 13.6 Å². The van der Waals surface area contributed by atoms with Crippen LogP contribution < -0.4 is 10.5 Å². The second-order valence-corrected chi connectivity index (χ2v) is 5.99. The number of carbonyl (C=O) groups excluding carboxylic acids is 1. The molecule has 0 radical (unpaired) electrons. The fourth-order valence-electron chi connectivity index (χ4n) is 1.57. The maximum atomic E-state index is 12.0. The van der Waals surface area contributed by atoms with Gasteiger partial charge in [-0.3, -0.25) is 9.48 Å². The average Bonchev–Trinajstić information content (AvgIpc) is 2.70. The summed E-state index contributed by atoms with van der Waals surface area (Å²) >= 11 is 5.78. The molecular weight excluding hydrogens is 304 g/mol. The molecular formula is C11H11ClN4O3S. The number of sulfonamides is 1. The summed E-state index contributed by atoms with van der Waals surface area (Å²) in [6.45, 7) is 0. The SMILES string of the molecule is Cn1cc(S(N)(=O)=O)c(NC(=O)c2cccc(Cl)c2)n1. The van der Waals surface area contributed by atoms with E-state index >= 15 is 0 Å². The lowest BCUT2D eigenvalue weighted by Gasteiger charge is -2.04. The maximum Gasteiger partial charge on any atom is 0.256 e. The number of nitrogens with one attached hydrogen (secondary N) is 1.